The number of carboxylic acids is 1. The Morgan fingerprint density at radius 1 is 1.24 bits per heavy atom. The van der Waals surface area contributed by atoms with Gasteiger partial charge in [0.15, 0.2) is 0 Å². The molecule has 0 aromatic rings. The number of aliphatic carboxylic acids is 1. The zero-order chi connectivity index (χ0) is 15.7. The fourth-order valence-corrected chi connectivity index (χ4v) is 2.33. The van der Waals surface area contributed by atoms with Crippen molar-refractivity contribution in [1.82, 2.24) is 10.2 Å². The molecule has 0 aromatic carbocycles. The molecule has 1 rings (SSSR count). The highest BCUT2D eigenvalue weighted by Crippen LogP contribution is 2.19. The summed E-state index contributed by atoms with van der Waals surface area (Å²) in [7, 11) is 0. The van der Waals surface area contributed by atoms with Crippen molar-refractivity contribution in [2.24, 2.45) is 5.73 Å². The van der Waals surface area contributed by atoms with Crippen LogP contribution in [0.15, 0.2) is 11.6 Å². The van der Waals surface area contributed by atoms with E-state index in [4.69, 9.17) is 10.8 Å². The van der Waals surface area contributed by atoms with Crippen LogP contribution in [0.5, 0.6) is 0 Å². The van der Waals surface area contributed by atoms with Crippen molar-refractivity contribution in [2.45, 2.75) is 32.1 Å². The molecule has 0 saturated carbocycles. The van der Waals surface area contributed by atoms with Crippen LogP contribution in [0.3, 0.4) is 0 Å². The minimum absolute atomic E-state index is 0.145. The number of allylic oxidation sites excluding steroid dienone is 1. The van der Waals surface area contributed by atoms with Crippen molar-refractivity contribution in [2.75, 3.05) is 26.2 Å². The highest BCUT2D eigenvalue weighted by molar-refractivity contribution is 5.81. The highest BCUT2D eigenvalue weighted by Gasteiger charge is 2.16. The van der Waals surface area contributed by atoms with Gasteiger partial charge in [-0.25, -0.2) is 0 Å². The van der Waals surface area contributed by atoms with Crippen molar-refractivity contribution in [1.29, 1.82) is 0 Å². The van der Waals surface area contributed by atoms with Gasteiger partial charge in [0.2, 0.25) is 11.8 Å². The molecule has 1 aliphatic carbocycles. The number of nitrogens with one attached hydrogen (secondary N) is 1. The fourth-order valence-electron chi connectivity index (χ4n) is 2.33. The van der Waals surface area contributed by atoms with E-state index < -0.39 is 11.9 Å². The lowest BCUT2D eigenvalue weighted by Gasteiger charge is -2.18. The summed E-state index contributed by atoms with van der Waals surface area (Å²) in [4.78, 5) is 34.5. The number of primary amides is 1. The van der Waals surface area contributed by atoms with Crippen LogP contribution in [0.4, 0.5) is 0 Å². The van der Waals surface area contributed by atoms with Crippen LogP contribution in [0, 0.1) is 0 Å². The Kier molecular flexibility index (Phi) is 7.45. The smallest absolute Gasteiger partial charge is 0.317 e. The van der Waals surface area contributed by atoms with Crippen molar-refractivity contribution < 1.29 is 19.5 Å². The van der Waals surface area contributed by atoms with Crippen molar-refractivity contribution in [3.05, 3.63) is 11.6 Å². The molecule has 2 amide bonds. The van der Waals surface area contributed by atoms with Gasteiger partial charge in [0.05, 0.1) is 19.6 Å². The lowest BCUT2D eigenvalue weighted by Crippen LogP contribution is -2.43. The van der Waals surface area contributed by atoms with Crippen LogP contribution in [0.25, 0.3) is 0 Å². The molecule has 0 spiro atoms. The second-order valence-electron chi connectivity index (χ2n) is 5.21. The molecular formula is C14H23N3O4. The molecule has 0 aromatic heterocycles. The summed E-state index contributed by atoms with van der Waals surface area (Å²) in [6.07, 6.45) is 7.66. The van der Waals surface area contributed by atoms with Gasteiger partial charge < -0.3 is 16.2 Å². The second-order valence-corrected chi connectivity index (χ2v) is 5.21. The van der Waals surface area contributed by atoms with E-state index in [2.05, 4.69) is 11.4 Å². The van der Waals surface area contributed by atoms with Gasteiger partial charge >= 0.3 is 5.97 Å². The Balaban J connectivity index is 2.30. The highest BCUT2D eigenvalue weighted by atomic mass is 16.4. The first-order valence-electron chi connectivity index (χ1n) is 7.14. The predicted octanol–water partition coefficient (Wildman–Crippen LogP) is -0.135. The molecular weight excluding hydrogens is 274 g/mol. The van der Waals surface area contributed by atoms with Gasteiger partial charge in [0, 0.05) is 6.54 Å². The number of amides is 2. The van der Waals surface area contributed by atoms with Gasteiger partial charge in [0.25, 0.3) is 0 Å². The van der Waals surface area contributed by atoms with Crippen LogP contribution in [0.1, 0.15) is 32.1 Å². The number of carbonyl (C=O) groups is 3. The van der Waals surface area contributed by atoms with Gasteiger partial charge in [-0.15, -0.1) is 0 Å². The standard InChI is InChI=1S/C14H23N3O4/c15-12(18)8-17(10-14(20)21)9-13(19)16-7-6-11-4-2-1-3-5-11/h4H,1-3,5-10H2,(H2,15,18)(H,16,19)(H,20,21). The Morgan fingerprint density at radius 2 is 2.00 bits per heavy atom. The predicted molar refractivity (Wildman–Crippen MR) is 77.4 cm³/mol. The number of nitrogens with two attached hydrogens (primary N) is 1. The molecule has 1 aliphatic rings. The largest absolute Gasteiger partial charge is 0.480 e. The van der Waals surface area contributed by atoms with Crippen LogP contribution >= 0.6 is 0 Å². The van der Waals surface area contributed by atoms with E-state index >= 15 is 0 Å². The van der Waals surface area contributed by atoms with E-state index in [1.165, 1.54) is 23.3 Å². The SMILES string of the molecule is NC(=O)CN(CC(=O)O)CC(=O)NCCC1=CCCCC1. The van der Waals surface area contributed by atoms with E-state index in [-0.39, 0.29) is 25.5 Å². The summed E-state index contributed by atoms with van der Waals surface area (Å²) in [5, 5.41) is 11.5. The lowest BCUT2D eigenvalue weighted by molar-refractivity contribution is -0.139. The molecule has 7 nitrogen and oxygen atoms in total. The van der Waals surface area contributed by atoms with E-state index in [0.717, 1.165) is 19.3 Å². The zero-order valence-electron chi connectivity index (χ0n) is 12.1. The molecule has 0 unspecified atom stereocenters. The van der Waals surface area contributed by atoms with Crippen LogP contribution < -0.4 is 11.1 Å². The molecule has 0 saturated heterocycles. The Labute approximate surface area is 124 Å². The minimum Gasteiger partial charge on any atom is -0.480 e. The number of rotatable bonds is 9. The topological polar surface area (TPSA) is 113 Å². The summed E-state index contributed by atoms with van der Waals surface area (Å²) in [6, 6.07) is 0. The summed E-state index contributed by atoms with van der Waals surface area (Å²) < 4.78 is 0. The van der Waals surface area contributed by atoms with E-state index in [0.29, 0.717) is 6.54 Å². The Bertz CT molecular complexity index is 404. The number of hydrogen-bond donors (Lipinski definition) is 3. The average molecular weight is 297 g/mol. The maximum atomic E-state index is 11.7. The van der Waals surface area contributed by atoms with Gasteiger partial charge in [-0.1, -0.05) is 11.6 Å². The quantitative estimate of drug-likeness (QED) is 0.513. The summed E-state index contributed by atoms with van der Waals surface area (Å²) >= 11 is 0. The number of nitrogens with zero attached hydrogens (tertiary/aromatic N) is 1. The van der Waals surface area contributed by atoms with E-state index in [9.17, 15) is 14.4 Å². The first-order valence-corrected chi connectivity index (χ1v) is 7.14. The minimum atomic E-state index is -1.10. The molecule has 118 valence electrons. The normalized spacial score (nSPS) is 14.6. The Morgan fingerprint density at radius 3 is 2.57 bits per heavy atom. The molecule has 0 radical (unpaired) electrons. The lowest BCUT2D eigenvalue weighted by atomic mass is 9.97. The van der Waals surface area contributed by atoms with Crippen molar-refractivity contribution in [3.63, 3.8) is 0 Å². The first kappa shape index (κ1) is 17.2. The Hall–Kier alpha value is -1.89. The van der Waals surface area contributed by atoms with Gasteiger partial charge in [-0.2, -0.15) is 0 Å². The van der Waals surface area contributed by atoms with Gasteiger partial charge in [-0.3, -0.25) is 19.3 Å². The summed E-state index contributed by atoms with van der Waals surface area (Å²) in [5.74, 6) is -2.05. The number of carbonyl (C=O) groups excluding carboxylic acids is 2. The number of hydrogen-bond acceptors (Lipinski definition) is 4. The number of carboxylic acid groups (broad SMARTS) is 1. The maximum absolute atomic E-state index is 11.7. The molecule has 0 bridgehead atoms. The summed E-state index contributed by atoms with van der Waals surface area (Å²) in [6.45, 7) is -0.247. The third kappa shape index (κ3) is 8.09. The molecule has 0 aliphatic heterocycles. The van der Waals surface area contributed by atoms with Crippen LogP contribution in [-0.4, -0.2) is 54.0 Å². The third-order valence-corrected chi connectivity index (χ3v) is 3.26. The monoisotopic (exact) mass is 297 g/mol. The summed E-state index contributed by atoms with van der Waals surface area (Å²) in [5.41, 5.74) is 6.39. The average Bonchev–Trinajstić information content (AvgIpc) is 2.38. The molecule has 4 N–H and O–H groups in total. The van der Waals surface area contributed by atoms with Crippen LogP contribution in [0.2, 0.25) is 0 Å². The van der Waals surface area contributed by atoms with E-state index in [1.807, 2.05) is 0 Å². The van der Waals surface area contributed by atoms with Gasteiger partial charge in [0.1, 0.15) is 0 Å². The molecule has 0 fully saturated rings. The first-order chi connectivity index (χ1) is 9.97. The third-order valence-electron chi connectivity index (χ3n) is 3.26. The molecule has 0 atom stereocenters. The molecule has 7 heteroatoms. The second kappa shape index (κ2) is 9.12. The van der Waals surface area contributed by atoms with Crippen molar-refractivity contribution >= 4 is 17.8 Å². The van der Waals surface area contributed by atoms with E-state index in [1.54, 1.807) is 0 Å². The zero-order valence-corrected chi connectivity index (χ0v) is 12.1. The van der Waals surface area contributed by atoms with Gasteiger partial charge in [-0.05, 0) is 32.1 Å². The van der Waals surface area contributed by atoms with Crippen LogP contribution in [-0.2, 0) is 14.4 Å². The van der Waals surface area contributed by atoms with Crippen molar-refractivity contribution in [3.8, 4) is 0 Å². The molecule has 0 heterocycles. The molecule has 21 heavy (non-hydrogen) atoms. The maximum Gasteiger partial charge on any atom is 0.317 e. The fraction of sp³-hybridized carbons (Fsp3) is 0.643.